The van der Waals surface area contributed by atoms with Crippen molar-refractivity contribution in [1.29, 1.82) is 0 Å². The molecule has 2 heterocycles. The molecule has 2 aliphatic heterocycles. The fraction of sp³-hybridized carbons (Fsp3) is 0.462. The topological polar surface area (TPSA) is 146 Å². The van der Waals surface area contributed by atoms with Crippen molar-refractivity contribution >= 4 is 5.97 Å². The largest absolute Gasteiger partial charge is 0.478 e. The maximum Gasteiger partial charge on any atom is 0.403 e. The number of aliphatic hydroxyl groups excluding tert-OH is 4. The molecule has 2 aliphatic rings. The summed E-state index contributed by atoms with van der Waals surface area (Å²) in [5.74, 6) is -3.24. The summed E-state index contributed by atoms with van der Waals surface area (Å²) in [5, 5.41) is 47.8. The second-order valence-electron chi connectivity index (χ2n) is 5.04. The first-order valence-corrected chi connectivity index (χ1v) is 6.46. The quantitative estimate of drug-likeness (QED) is 0.430. The van der Waals surface area contributed by atoms with E-state index in [0.717, 1.165) is 0 Å². The van der Waals surface area contributed by atoms with Gasteiger partial charge in [-0.15, -0.1) is 0 Å². The van der Waals surface area contributed by atoms with Crippen LogP contribution in [-0.4, -0.2) is 68.5 Å². The Bertz CT molecular complexity index is 601. The van der Waals surface area contributed by atoms with Crippen molar-refractivity contribution in [2.75, 3.05) is 6.61 Å². The predicted octanol–water partition coefficient (Wildman–Crippen LogP) is -1.72. The summed E-state index contributed by atoms with van der Waals surface area (Å²) in [4.78, 5) is 10.9. The number of aromatic carboxylic acids is 1. The van der Waals surface area contributed by atoms with Gasteiger partial charge in [0.15, 0.2) is 17.6 Å². The summed E-state index contributed by atoms with van der Waals surface area (Å²) < 4.78 is 16.0. The van der Waals surface area contributed by atoms with Crippen molar-refractivity contribution in [3.05, 3.63) is 23.8 Å². The van der Waals surface area contributed by atoms with Crippen molar-refractivity contribution in [2.24, 2.45) is 0 Å². The predicted molar refractivity (Wildman–Crippen MR) is 67.4 cm³/mol. The molecule has 0 aromatic heterocycles. The molecule has 9 nitrogen and oxygen atoms in total. The molecule has 0 unspecified atom stereocenters. The van der Waals surface area contributed by atoms with Gasteiger partial charge in [-0.1, -0.05) is 0 Å². The Kier molecular flexibility index (Phi) is 3.46. The van der Waals surface area contributed by atoms with E-state index >= 15 is 0 Å². The Morgan fingerprint density at radius 2 is 1.82 bits per heavy atom. The number of rotatable bonds is 2. The first-order chi connectivity index (χ1) is 10.4. The monoisotopic (exact) mass is 314 g/mol. The first-order valence-electron chi connectivity index (χ1n) is 6.46. The van der Waals surface area contributed by atoms with Crippen molar-refractivity contribution in [1.82, 2.24) is 0 Å². The van der Waals surface area contributed by atoms with Crippen molar-refractivity contribution in [3.63, 3.8) is 0 Å². The molecule has 5 N–H and O–H groups in total. The van der Waals surface area contributed by atoms with Crippen molar-refractivity contribution in [2.45, 2.75) is 30.4 Å². The van der Waals surface area contributed by atoms with Crippen LogP contribution in [0.15, 0.2) is 18.2 Å². The molecule has 1 aromatic carbocycles. The maximum absolute atomic E-state index is 10.9. The van der Waals surface area contributed by atoms with E-state index in [0.29, 0.717) is 0 Å². The third-order valence-electron chi connectivity index (χ3n) is 3.61. The second-order valence-corrected chi connectivity index (χ2v) is 5.04. The maximum atomic E-state index is 10.9. The number of hydrogen-bond donors (Lipinski definition) is 5. The van der Waals surface area contributed by atoms with Gasteiger partial charge in [0, 0.05) is 0 Å². The Balaban J connectivity index is 1.93. The lowest BCUT2D eigenvalue weighted by atomic mass is 9.98. The number of aliphatic hydroxyl groups is 4. The molecule has 1 spiro atoms. The van der Waals surface area contributed by atoms with Gasteiger partial charge in [-0.25, -0.2) is 4.79 Å². The highest BCUT2D eigenvalue weighted by molar-refractivity contribution is 5.88. The van der Waals surface area contributed by atoms with Crippen LogP contribution >= 0.6 is 0 Å². The average Bonchev–Trinajstić information content (AvgIpc) is 2.87. The number of carboxylic acid groups (broad SMARTS) is 1. The summed E-state index contributed by atoms with van der Waals surface area (Å²) in [5.41, 5.74) is -0.0657. The molecule has 1 fully saturated rings. The van der Waals surface area contributed by atoms with Crippen LogP contribution in [0.4, 0.5) is 0 Å². The molecule has 22 heavy (non-hydrogen) atoms. The van der Waals surface area contributed by atoms with E-state index in [9.17, 15) is 25.2 Å². The molecule has 0 amide bonds. The third kappa shape index (κ3) is 2.11. The molecule has 120 valence electrons. The highest BCUT2D eigenvalue weighted by atomic mass is 16.9. The Morgan fingerprint density at radius 3 is 2.45 bits per heavy atom. The minimum Gasteiger partial charge on any atom is -0.478 e. The van der Waals surface area contributed by atoms with Crippen LogP contribution in [0.2, 0.25) is 0 Å². The smallest absolute Gasteiger partial charge is 0.403 e. The van der Waals surface area contributed by atoms with E-state index in [2.05, 4.69) is 0 Å². The first kappa shape index (κ1) is 15.0. The Labute approximate surface area is 123 Å². The van der Waals surface area contributed by atoms with Crippen LogP contribution in [0.25, 0.3) is 0 Å². The van der Waals surface area contributed by atoms with Crippen molar-refractivity contribution in [3.8, 4) is 11.5 Å². The lowest BCUT2D eigenvalue weighted by Crippen LogP contribution is -2.68. The van der Waals surface area contributed by atoms with Crippen LogP contribution in [0.1, 0.15) is 10.4 Å². The summed E-state index contributed by atoms with van der Waals surface area (Å²) in [6.07, 6.45) is -6.23. The molecular weight excluding hydrogens is 300 g/mol. The van der Waals surface area contributed by atoms with E-state index in [1.807, 2.05) is 0 Å². The van der Waals surface area contributed by atoms with Gasteiger partial charge in [-0.2, -0.15) is 0 Å². The summed E-state index contributed by atoms with van der Waals surface area (Å²) in [6, 6.07) is 3.76. The molecule has 1 saturated heterocycles. The third-order valence-corrected chi connectivity index (χ3v) is 3.61. The van der Waals surface area contributed by atoms with E-state index in [1.165, 1.54) is 18.2 Å². The molecule has 0 saturated carbocycles. The molecule has 5 atom stereocenters. The van der Waals surface area contributed by atoms with Gasteiger partial charge in [0.2, 0.25) is 0 Å². The standard InChI is InChI=1S/C13H14O9/c14-4-8-9(15)10(16)11(17)13(22-8)20-6-2-1-5(12(18)19)3-7(6)21-13/h1-3,8-11,14-17H,4H2,(H,18,19)/t8-,9-,10+,11-,13+/m1/s1. The number of carboxylic acids is 1. The number of carbonyl (C=O) groups is 1. The Morgan fingerprint density at radius 1 is 1.14 bits per heavy atom. The number of benzene rings is 1. The van der Waals surface area contributed by atoms with Crippen LogP contribution in [0.5, 0.6) is 11.5 Å². The van der Waals surface area contributed by atoms with Gasteiger partial charge in [0.05, 0.1) is 12.2 Å². The van der Waals surface area contributed by atoms with Crippen molar-refractivity contribution < 1.29 is 44.5 Å². The number of hydrogen-bond acceptors (Lipinski definition) is 8. The van der Waals surface area contributed by atoms with Gasteiger partial charge < -0.3 is 35.0 Å². The molecule has 1 aromatic rings. The fourth-order valence-electron chi connectivity index (χ4n) is 2.41. The molecule has 0 aliphatic carbocycles. The fourth-order valence-corrected chi connectivity index (χ4v) is 2.41. The van der Waals surface area contributed by atoms with E-state index in [-0.39, 0.29) is 17.1 Å². The number of fused-ring (bicyclic) bond motifs is 1. The van der Waals surface area contributed by atoms with Gasteiger partial charge >= 0.3 is 11.9 Å². The van der Waals surface area contributed by atoms with Gasteiger partial charge in [-0.05, 0) is 18.2 Å². The minimum absolute atomic E-state index is 0.000713. The second kappa shape index (κ2) is 5.07. The van der Waals surface area contributed by atoms with Gasteiger partial charge in [0.25, 0.3) is 0 Å². The SMILES string of the molecule is O=C(O)c1ccc2c(c1)O[C@]1(O2)O[C@H](CO)[C@@H](O)[C@H](O)[C@H]1O. The minimum atomic E-state index is -2.16. The zero-order valence-electron chi connectivity index (χ0n) is 11.1. The van der Waals surface area contributed by atoms with E-state index < -0.39 is 43.0 Å². The normalized spacial score (nSPS) is 36.5. The van der Waals surface area contributed by atoms with Crippen LogP contribution in [0.3, 0.4) is 0 Å². The van der Waals surface area contributed by atoms with Gasteiger partial charge in [0.1, 0.15) is 18.3 Å². The Hall–Kier alpha value is -1.91. The zero-order chi connectivity index (χ0) is 16.1. The highest BCUT2D eigenvalue weighted by Crippen LogP contribution is 2.45. The van der Waals surface area contributed by atoms with E-state index in [4.69, 9.17) is 19.3 Å². The molecular formula is C13H14O9. The van der Waals surface area contributed by atoms with E-state index in [1.54, 1.807) is 0 Å². The van der Waals surface area contributed by atoms with Crippen LogP contribution < -0.4 is 9.47 Å². The lowest BCUT2D eigenvalue weighted by Gasteiger charge is -2.43. The van der Waals surface area contributed by atoms with Crippen LogP contribution in [-0.2, 0) is 4.74 Å². The molecule has 9 heteroatoms. The van der Waals surface area contributed by atoms with Crippen LogP contribution in [0, 0.1) is 0 Å². The lowest BCUT2D eigenvalue weighted by molar-refractivity contribution is -0.397. The molecule has 0 bridgehead atoms. The summed E-state index contributed by atoms with van der Waals surface area (Å²) in [6.45, 7) is -0.643. The number of ether oxygens (including phenoxy) is 3. The summed E-state index contributed by atoms with van der Waals surface area (Å²) in [7, 11) is 0. The summed E-state index contributed by atoms with van der Waals surface area (Å²) >= 11 is 0. The molecule has 0 radical (unpaired) electrons. The van der Waals surface area contributed by atoms with Gasteiger partial charge in [-0.3, -0.25) is 4.74 Å². The highest BCUT2D eigenvalue weighted by Gasteiger charge is 2.60. The average molecular weight is 314 g/mol. The zero-order valence-corrected chi connectivity index (χ0v) is 11.1. The molecule has 3 rings (SSSR count).